The zero-order valence-electron chi connectivity index (χ0n) is 15.8. The van der Waals surface area contributed by atoms with E-state index < -0.39 is 23.3 Å². The highest BCUT2D eigenvalue weighted by atomic mass is 35.5. The Labute approximate surface area is 186 Å². The summed E-state index contributed by atoms with van der Waals surface area (Å²) in [6.45, 7) is 0. The molecule has 0 bridgehead atoms. The van der Waals surface area contributed by atoms with Crippen molar-refractivity contribution in [3.8, 4) is 0 Å². The van der Waals surface area contributed by atoms with Gasteiger partial charge in [0.2, 0.25) is 0 Å². The Kier molecular flexibility index (Phi) is 6.97. The second-order valence-corrected chi connectivity index (χ2v) is 7.46. The Morgan fingerprint density at radius 3 is 2.10 bits per heavy atom. The van der Waals surface area contributed by atoms with Gasteiger partial charge in [-0.2, -0.15) is 18.3 Å². The largest absolute Gasteiger partial charge is 0.478 e. The fourth-order valence-electron chi connectivity index (χ4n) is 2.80. The van der Waals surface area contributed by atoms with Gasteiger partial charge in [0.15, 0.2) is 0 Å². The van der Waals surface area contributed by atoms with E-state index in [-0.39, 0.29) is 5.69 Å². The van der Waals surface area contributed by atoms with Gasteiger partial charge >= 0.3 is 12.1 Å². The molecule has 1 N–H and O–H groups in total. The van der Waals surface area contributed by atoms with Crippen LogP contribution in [-0.2, 0) is 19.0 Å². The molecular formula is C22H15Cl2F3N2O2. The molecule has 0 aliphatic rings. The van der Waals surface area contributed by atoms with E-state index in [9.17, 15) is 23.1 Å². The highest BCUT2D eigenvalue weighted by Gasteiger charge is 2.31. The Bertz CT molecular complexity index is 1130. The number of benzene rings is 3. The first kappa shape index (κ1) is 22.8. The maximum atomic E-state index is 12.8. The number of hydrogen-bond acceptors (Lipinski definition) is 3. The highest BCUT2D eigenvalue weighted by molar-refractivity contribution is 6.42. The molecule has 0 radical (unpaired) electrons. The number of aromatic carboxylic acids is 1. The van der Waals surface area contributed by atoms with Crippen LogP contribution in [0.4, 0.5) is 24.5 Å². The van der Waals surface area contributed by atoms with Crippen molar-refractivity contribution in [2.24, 2.45) is 10.2 Å². The van der Waals surface area contributed by atoms with E-state index in [4.69, 9.17) is 23.2 Å². The van der Waals surface area contributed by atoms with E-state index in [0.29, 0.717) is 21.8 Å². The first-order chi connectivity index (χ1) is 14.6. The van der Waals surface area contributed by atoms with Crippen molar-refractivity contribution < 1.29 is 23.1 Å². The lowest BCUT2D eigenvalue weighted by Gasteiger charge is -2.08. The third kappa shape index (κ3) is 6.06. The van der Waals surface area contributed by atoms with E-state index in [1.807, 2.05) is 24.3 Å². The Hall–Kier alpha value is -2.90. The summed E-state index contributed by atoms with van der Waals surface area (Å²) in [4.78, 5) is 11.3. The number of halogens is 5. The molecule has 3 rings (SSSR count). The van der Waals surface area contributed by atoms with Gasteiger partial charge in [-0.25, -0.2) is 4.79 Å². The van der Waals surface area contributed by atoms with Gasteiger partial charge in [-0.3, -0.25) is 0 Å². The van der Waals surface area contributed by atoms with Crippen molar-refractivity contribution in [1.29, 1.82) is 0 Å². The molecule has 0 heterocycles. The first-order valence-corrected chi connectivity index (χ1v) is 9.78. The number of alkyl halides is 3. The number of azo groups is 1. The number of carboxylic acid groups (broad SMARTS) is 1. The smallest absolute Gasteiger partial charge is 0.416 e. The van der Waals surface area contributed by atoms with E-state index in [2.05, 4.69) is 10.2 Å². The minimum Gasteiger partial charge on any atom is -0.478 e. The zero-order valence-corrected chi connectivity index (χ0v) is 17.3. The van der Waals surface area contributed by atoms with Crippen molar-refractivity contribution in [2.75, 3.05) is 0 Å². The Morgan fingerprint density at radius 2 is 1.48 bits per heavy atom. The highest BCUT2D eigenvalue weighted by Crippen LogP contribution is 2.33. The summed E-state index contributed by atoms with van der Waals surface area (Å²) in [6, 6.07) is 14.8. The standard InChI is InChI=1S/C22H15Cl2F3N2O2/c23-18-9-5-14(11-19(18)24)2-1-13-3-7-16(8-4-13)28-29-20-10-6-15(22(25,26)27)12-17(20)21(30)31/h3-12H,1-2H2,(H,30,31)/b29-28+. The number of aryl methyl sites for hydroxylation is 2. The second-order valence-electron chi connectivity index (χ2n) is 6.65. The molecule has 3 aromatic rings. The number of nitrogens with zero attached hydrogens (tertiary/aromatic N) is 2. The van der Waals surface area contributed by atoms with Crippen LogP contribution in [0.15, 0.2) is 70.9 Å². The lowest BCUT2D eigenvalue weighted by molar-refractivity contribution is -0.137. The third-order valence-corrected chi connectivity index (χ3v) is 5.19. The molecule has 0 unspecified atom stereocenters. The first-order valence-electron chi connectivity index (χ1n) is 9.02. The number of carboxylic acids is 1. The Balaban J connectivity index is 1.70. The van der Waals surface area contributed by atoms with E-state index in [1.165, 1.54) is 0 Å². The van der Waals surface area contributed by atoms with Crippen LogP contribution in [0.2, 0.25) is 10.0 Å². The monoisotopic (exact) mass is 466 g/mol. The average molecular weight is 467 g/mol. The fraction of sp³-hybridized carbons (Fsp3) is 0.136. The zero-order chi connectivity index (χ0) is 22.6. The minimum atomic E-state index is -4.65. The second kappa shape index (κ2) is 9.49. The lowest BCUT2D eigenvalue weighted by atomic mass is 10.0. The molecule has 0 amide bonds. The number of rotatable bonds is 6. The predicted molar refractivity (Wildman–Crippen MR) is 113 cm³/mol. The molecule has 31 heavy (non-hydrogen) atoms. The van der Waals surface area contributed by atoms with Crippen LogP contribution >= 0.6 is 23.2 Å². The van der Waals surface area contributed by atoms with Gasteiger partial charge in [0.1, 0.15) is 5.69 Å². The molecule has 0 aliphatic carbocycles. The van der Waals surface area contributed by atoms with Gasteiger partial charge in [-0.1, -0.05) is 41.4 Å². The summed E-state index contributed by atoms with van der Waals surface area (Å²) >= 11 is 11.9. The van der Waals surface area contributed by atoms with Crippen LogP contribution in [0, 0.1) is 0 Å². The summed E-state index contributed by atoms with van der Waals surface area (Å²) in [5.41, 5.74) is 0.721. The maximum absolute atomic E-state index is 12.8. The summed E-state index contributed by atoms with van der Waals surface area (Å²) < 4.78 is 38.4. The normalized spacial score (nSPS) is 11.8. The summed E-state index contributed by atoms with van der Waals surface area (Å²) in [7, 11) is 0. The van der Waals surface area contributed by atoms with Crippen molar-refractivity contribution in [2.45, 2.75) is 19.0 Å². The minimum absolute atomic E-state index is 0.163. The molecular weight excluding hydrogens is 452 g/mol. The van der Waals surface area contributed by atoms with Crippen molar-refractivity contribution >= 4 is 40.5 Å². The van der Waals surface area contributed by atoms with Gasteiger partial charge in [0, 0.05) is 0 Å². The topological polar surface area (TPSA) is 62.0 Å². The van der Waals surface area contributed by atoms with Crippen LogP contribution in [0.1, 0.15) is 27.0 Å². The van der Waals surface area contributed by atoms with Crippen molar-refractivity contribution in [3.05, 3.63) is 93.0 Å². The molecule has 3 aromatic carbocycles. The molecule has 0 spiro atoms. The summed E-state index contributed by atoms with van der Waals surface area (Å²) in [5, 5.41) is 17.9. The predicted octanol–water partition coefficient (Wildman–Crippen LogP) is 7.91. The molecule has 9 heteroatoms. The summed E-state index contributed by atoms with van der Waals surface area (Å²) in [5.74, 6) is -1.52. The molecule has 0 aromatic heterocycles. The maximum Gasteiger partial charge on any atom is 0.416 e. The molecule has 0 saturated carbocycles. The Morgan fingerprint density at radius 1 is 0.839 bits per heavy atom. The SMILES string of the molecule is O=C(O)c1cc(C(F)(F)F)ccc1/N=N/c1ccc(CCc2ccc(Cl)c(Cl)c2)cc1. The average Bonchev–Trinajstić information content (AvgIpc) is 2.73. The molecule has 0 fully saturated rings. The van der Waals surface area contributed by atoms with Crippen LogP contribution in [0.25, 0.3) is 0 Å². The van der Waals surface area contributed by atoms with Crippen LogP contribution in [0.5, 0.6) is 0 Å². The van der Waals surface area contributed by atoms with Crippen molar-refractivity contribution in [3.63, 3.8) is 0 Å². The lowest BCUT2D eigenvalue weighted by Crippen LogP contribution is -2.07. The number of carbonyl (C=O) groups is 1. The molecule has 4 nitrogen and oxygen atoms in total. The van der Waals surface area contributed by atoms with Gasteiger partial charge < -0.3 is 5.11 Å². The molecule has 0 aliphatic heterocycles. The van der Waals surface area contributed by atoms with E-state index in [1.54, 1.807) is 18.2 Å². The van der Waals surface area contributed by atoms with Crippen molar-refractivity contribution in [1.82, 2.24) is 0 Å². The van der Waals surface area contributed by atoms with Crippen LogP contribution in [-0.4, -0.2) is 11.1 Å². The molecule has 0 saturated heterocycles. The van der Waals surface area contributed by atoms with Gasteiger partial charge in [-0.05, 0) is 66.4 Å². The summed E-state index contributed by atoms with van der Waals surface area (Å²) in [6.07, 6.45) is -3.14. The van der Waals surface area contributed by atoms with Crippen LogP contribution < -0.4 is 0 Å². The molecule has 0 atom stereocenters. The van der Waals surface area contributed by atoms with Gasteiger partial charge in [0.05, 0.1) is 26.9 Å². The van der Waals surface area contributed by atoms with Gasteiger partial charge in [-0.15, -0.1) is 5.11 Å². The van der Waals surface area contributed by atoms with Gasteiger partial charge in [0.25, 0.3) is 0 Å². The number of hydrogen-bond donors (Lipinski definition) is 1. The van der Waals surface area contributed by atoms with E-state index >= 15 is 0 Å². The fourth-order valence-corrected chi connectivity index (χ4v) is 3.12. The quantitative estimate of drug-likeness (QED) is 0.375. The molecule has 160 valence electrons. The van der Waals surface area contributed by atoms with Crippen LogP contribution in [0.3, 0.4) is 0 Å². The third-order valence-electron chi connectivity index (χ3n) is 4.45. The van der Waals surface area contributed by atoms with E-state index in [0.717, 1.165) is 36.1 Å².